The number of fused-ring (bicyclic) bond motifs is 2. The molecule has 1 N–H and O–H groups in total. The Morgan fingerprint density at radius 1 is 1.07 bits per heavy atom. The van der Waals surface area contributed by atoms with E-state index in [9.17, 15) is 13.2 Å². The number of aromatic amines is 1. The van der Waals surface area contributed by atoms with Crippen LogP contribution < -0.4 is 5.43 Å². The molecular formula is C20H27N3O3S. The van der Waals surface area contributed by atoms with E-state index in [0.29, 0.717) is 11.9 Å². The molecule has 2 aliphatic heterocycles. The number of rotatable bonds is 3. The molecule has 0 aliphatic carbocycles. The number of aromatic nitrogens is 1. The van der Waals surface area contributed by atoms with Gasteiger partial charge in [-0.1, -0.05) is 13.0 Å². The molecular weight excluding hydrogens is 362 g/mol. The van der Waals surface area contributed by atoms with Crippen molar-refractivity contribution in [3.8, 4) is 0 Å². The standard InChI is InChI=1S/C20H27N3O3S/c1-4-22-5-6-23(18-12-27(25,26)11-17(18)22)10-15-9-19(24)16-8-13(2)7-14(3)20(16)21-15/h7-9,17-18H,4-6,10-12H2,1-3H3,(H,21,24)/t17-,18+/m1/s1. The molecule has 0 spiro atoms. The SMILES string of the molecule is CCN1CCN(Cc2cc(=O)c3cc(C)cc(C)c3[nH]2)[C@H]2CS(=O)(=O)C[C@H]21. The van der Waals surface area contributed by atoms with Crippen molar-refractivity contribution in [3.05, 3.63) is 45.2 Å². The highest BCUT2D eigenvalue weighted by atomic mass is 32.2. The van der Waals surface area contributed by atoms with Crippen LogP contribution >= 0.6 is 0 Å². The van der Waals surface area contributed by atoms with E-state index in [1.165, 1.54) is 0 Å². The van der Waals surface area contributed by atoms with Gasteiger partial charge in [-0.2, -0.15) is 0 Å². The van der Waals surface area contributed by atoms with Crippen LogP contribution in [0.1, 0.15) is 23.7 Å². The Labute approximate surface area is 160 Å². The topological polar surface area (TPSA) is 73.5 Å². The summed E-state index contributed by atoms with van der Waals surface area (Å²) in [4.78, 5) is 20.6. The van der Waals surface area contributed by atoms with Crippen LogP contribution in [0, 0.1) is 13.8 Å². The molecule has 2 saturated heterocycles. The maximum atomic E-state index is 12.6. The van der Waals surface area contributed by atoms with Crippen molar-refractivity contribution >= 4 is 20.7 Å². The smallest absolute Gasteiger partial charge is 0.189 e. The van der Waals surface area contributed by atoms with Gasteiger partial charge in [0.05, 0.1) is 17.0 Å². The largest absolute Gasteiger partial charge is 0.357 e. The molecule has 27 heavy (non-hydrogen) atoms. The van der Waals surface area contributed by atoms with Gasteiger partial charge < -0.3 is 4.98 Å². The number of nitrogens with zero attached hydrogens (tertiary/aromatic N) is 2. The number of nitrogens with one attached hydrogen (secondary N) is 1. The molecule has 2 fully saturated rings. The maximum Gasteiger partial charge on any atom is 0.189 e. The Morgan fingerprint density at radius 3 is 2.44 bits per heavy atom. The van der Waals surface area contributed by atoms with E-state index in [4.69, 9.17) is 0 Å². The Hall–Kier alpha value is -1.70. The van der Waals surface area contributed by atoms with E-state index in [1.807, 2.05) is 19.9 Å². The minimum atomic E-state index is -3.01. The summed E-state index contributed by atoms with van der Waals surface area (Å²) >= 11 is 0. The molecule has 0 unspecified atom stereocenters. The summed E-state index contributed by atoms with van der Waals surface area (Å²) in [6.07, 6.45) is 0. The first-order valence-electron chi connectivity index (χ1n) is 9.59. The summed E-state index contributed by atoms with van der Waals surface area (Å²) in [5.41, 5.74) is 3.89. The summed E-state index contributed by atoms with van der Waals surface area (Å²) in [6, 6.07) is 5.73. The first-order valence-corrected chi connectivity index (χ1v) is 11.4. The summed E-state index contributed by atoms with van der Waals surface area (Å²) < 4.78 is 24.5. The summed E-state index contributed by atoms with van der Waals surface area (Å²) in [7, 11) is -3.01. The van der Waals surface area contributed by atoms with Crippen LogP contribution in [0.3, 0.4) is 0 Å². The number of hydrogen-bond acceptors (Lipinski definition) is 5. The van der Waals surface area contributed by atoms with Gasteiger partial charge in [0.15, 0.2) is 15.3 Å². The van der Waals surface area contributed by atoms with Crippen LogP contribution in [-0.2, 0) is 16.4 Å². The third kappa shape index (κ3) is 3.44. The monoisotopic (exact) mass is 389 g/mol. The number of sulfone groups is 1. The second kappa shape index (κ2) is 6.72. The predicted molar refractivity (Wildman–Crippen MR) is 108 cm³/mol. The minimum absolute atomic E-state index is 0.00186. The fourth-order valence-corrected chi connectivity index (χ4v) is 6.79. The van der Waals surface area contributed by atoms with Gasteiger partial charge in [-0.15, -0.1) is 0 Å². The van der Waals surface area contributed by atoms with Gasteiger partial charge in [0.2, 0.25) is 0 Å². The molecule has 6 nitrogen and oxygen atoms in total. The lowest BCUT2D eigenvalue weighted by atomic mass is 10.0. The quantitative estimate of drug-likeness (QED) is 0.860. The van der Waals surface area contributed by atoms with Gasteiger partial charge in [-0.25, -0.2) is 8.42 Å². The van der Waals surface area contributed by atoms with Crippen LogP contribution in [0.2, 0.25) is 0 Å². The minimum Gasteiger partial charge on any atom is -0.357 e. The van der Waals surface area contributed by atoms with Crippen molar-refractivity contribution in [2.75, 3.05) is 31.1 Å². The van der Waals surface area contributed by atoms with Gasteiger partial charge in [-0.05, 0) is 37.6 Å². The number of piperazine rings is 1. The molecule has 0 bridgehead atoms. The molecule has 1 aromatic heterocycles. The van der Waals surface area contributed by atoms with Crippen LogP contribution in [0.15, 0.2) is 23.0 Å². The average molecular weight is 390 g/mol. The normalized spacial score (nSPS) is 25.7. The van der Waals surface area contributed by atoms with E-state index in [2.05, 4.69) is 27.8 Å². The first kappa shape index (κ1) is 18.7. The van der Waals surface area contributed by atoms with Crippen molar-refractivity contribution in [2.45, 2.75) is 39.4 Å². The molecule has 0 amide bonds. The molecule has 4 rings (SSSR count). The molecule has 2 aliphatic rings. The Morgan fingerprint density at radius 2 is 1.74 bits per heavy atom. The fourth-order valence-electron chi connectivity index (χ4n) is 4.75. The lowest BCUT2D eigenvalue weighted by Gasteiger charge is -2.43. The second-order valence-corrected chi connectivity index (χ2v) is 10.1. The fraction of sp³-hybridized carbons (Fsp3) is 0.550. The van der Waals surface area contributed by atoms with Crippen LogP contribution in [0.5, 0.6) is 0 Å². The highest BCUT2D eigenvalue weighted by Gasteiger charge is 2.45. The molecule has 0 saturated carbocycles. The van der Waals surface area contributed by atoms with E-state index in [0.717, 1.165) is 42.0 Å². The Bertz CT molecular complexity index is 1040. The second-order valence-electron chi connectivity index (χ2n) is 7.97. The number of benzene rings is 1. The molecule has 0 radical (unpaired) electrons. The molecule has 2 aromatic rings. The van der Waals surface area contributed by atoms with Crippen molar-refractivity contribution in [1.29, 1.82) is 0 Å². The van der Waals surface area contributed by atoms with Crippen LogP contribution in [0.4, 0.5) is 0 Å². The summed E-state index contributed by atoms with van der Waals surface area (Å²) in [6.45, 7) is 9.22. The number of hydrogen-bond donors (Lipinski definition) is 1. The van der Waals surface area contributed by atoms with Gasteiger partial charge in [0.25, 0.3) is 0 Å². The third-order valence-electron chi connectivity index (χ3n) is 6.02. The Kier molecular flexibility index (Phi) is 4.64. The van der Waals surface area contributed by atoms with Gasteiger partial charge >= 0.3 is 0 Å². The van der Waals surface area contributed by atoms with E-state index in [1.54, 1.807) is 6.07 Å². The number of aryl methyl sites for hydroxylation is 2. The first-order chi connectivity index (χ1) is 12.8. The maximum absolute atomic E-state index is 12.6. The average Bonchev–Trinajstić information content (AvgIpc) is 2.92. The zero-order valence-corrected chi connectivity index (χ0v) is 17.0. The number of pyridine rings is 1. The molecule has 3 heterocycles. The van der Waals surface area contributed by atoms with Gasteiger partial charge in [0.1, 0.15) is 0 Å². The van der Waals surface area contributed by atoms with Crippen LogP contribution in [0.25, 0.3) is 10.9 Å². The van der Waals surface area contributed by atoms with Crippen LogP contribution in [-0.4, -0.2) is 66.4 Å². The third-order valence-corrected chi connectivity index (χ3v) is 7.72. The Balaban J connectivity index is 1.67. The molecule has 2 atom stereocenters. The van der Waals surface area contributed by atoms with Gasteiger partial charge in [0, 0.05) is 48.9 Å². The van der Waals surface area contributed by atoms with Crippen molar-refractivity contribution in [2.24, 2.45) is 0 Å². The summed E-state index contributed by atoms with van der Waals surface area (Å²) in [5, 5.41) is 0.716. The molecule has 7 heteroatoms. The number of H-pyrrole nitrogens is 1. The van der Waals surface area contributed by atoms with Gasteiger partial charge in [-0.3, -0.25) is 14.6 Å². The summed E-state index contributed by atoms with van der Waals surface area (Å²) in [5.74, 6) is 0.457. The predicted octanol–water partition coefficient (Wildman–Crippen LogP) is 1.45. The van der Waals surface area contributed by atoms with Crippen molar-refractivity contribution in [1.82, 2.24) is 14.8 Å². The highest BCUT2D eigenvalue weighted by Crippen LogP contribution is 2.28. The lowest BCUT2D eigenvalue weighted by Crippen LogP contribution is -2.58. The number of likely N-dealkylation sites (N-methyl/N-ethyl adjacent to an activating group) is 1. The van der Waals surface area contributed by atoms with E-state index in [-0.39, 0.29) is 29.0 Å². The van der Waals surface area contributed by atoms with Crippen molar-refractivity contribution < 1.29 is 8.42 Å². The zero-order valence-electron chi connectivity index (χ0n) is 16.2. The highest BCUT2D eigenvalue weighted by molar-refractivity contribution is 7.91. The zero-order chi connectivity index (χ0) is 19.3. The van der Waals surface area contributed by atoms with E-state index >= 15 is 0 Å². The molecule has 146 valence electrons. The lowest BCUT2D eigenvalue weighted by molar-refractivity contribution is 0.0432. The van der Waals surface area contributed by atoms with Crippen molar-refractivity contribution in [3.63, 3.8) is 0 Å². The molecule has 1 aromatic carbocycles. The van der Waals surface area contributed by atoms with E-state index < -0.39 is 9.84 Å².